The fraction of sp³-hybridized carbons (Fsp3) is 0.267. The molecule has 2 amide bonds. The number of carbonyl (C=O) groups excluding carboxylic acids is 2. The molecule has 1 heterocycles. The lowest BCUT2D eigenvalue weighted by Crippen LogP contribution is -2.48. The number of hydrogen-bond donors (Lipinski definition) is 4. The van der Waals surface area contributed by atoms with Crippen molar-refractivity contribution in [3.63, 3.8) is 0 Å². The van der Waals surface area contributed by atoms with Crippen LogP contribution >= 0.6 is 0 Å². The van der Waals surface area contributed by atoms with Crippen LogP contribution in [-0.2, 0) is 17.5 Å². The molecule has 134 valence electrons. The Morgan fingerprint density at radius 3 is 2.44 bits per heavy atom. The minimum Gasteiger partial charge on any atom is -0.394 e. The fourth-order valence-corrected chi connectivity index (χ4v) is 1.93. The molecule has 0 aliphatic carbocycles. The summed E-state index contributed by atoms with van der Waals surface area (Å²) < 4.78 is 37.4. The minimum absolute atomic E-state index is 0.0482. The predicted octanol–water partition coefficient (Wildman–Crippen LogP) is 0.836. The van der Waals surface area contributed by atoms with Crippen LogP contribution in [0.15, 0.2) is 36.8 Å². The second kappa shape index (κ2) is 7.79. The van der Waals surface area contributed by atoms with Crippen molar-refractivity contribution in [1.29, 1.82) is 0 Å². The largest absolute Gasteiger partial charge is 0.416 e. The van der Waals surface area contributed by atoms with E-state index in [0.29, 0.717) is 5.56 Å². The van der Waals surface area contributed by atoms with Gasteiger partial charge in [-0.3, -0.25) is 9.59 Å². The molecule has 0 radical (unpaired) electrons. The first-order chi connectivity index (χ1) is 11.8. The summed E-state index contributed by atoms with van der Waals surface area (Å²) >= 11 is 0. The van der Waals surface area contributed by atoms with E-state index in [-0.39, 0.29) is 12.2 Å². The van der Waals surface area contributed by atoms with Gasteiger partial charge in [-0.15, -0.1) is 0 Å². The average Bonchev–Trinajstić information content (AvgIpc) is 3.11. The highest BCUT2D eigenvalue weighted by Gasteiger charge is 2.30. The Morgan fingerprint density at radius 2 is 1.92 bits per heavy atom. The summed E-state index contributed by atoms with van der Waals surface area (Å²) in [4.78, 5) is 30.0. The van der Waals surface area contributed by atoms with Crippen molar-refractivity contribution in [1.82, 2.24) is 20.6 Å². The Bertz CT molecular complexity index is 715. The summed E-state index contributed by atoms with van der Waals surface area (Å²) in [6.07, 6.45) is -1.89. The Kier molecular flexibility index (Phi) is 5.75. The number of hydrogen-bond acceptors (Lipinski definition) is 4. The number of amides is 2. The number of nitrogens with zero attached hydrogens (tertiary/aromatic N) is 1. The van der Waals surface area contributed by atoms with E-state index in [0.717, 1.165) is 12.1 Å². The van der Waals surface area contributed by atoms with Crippen molar-refractivity contribution < 1.29 is 27.9 Å². The number of aliphatic hydroxyl groups excluding tert-OH is 1. The molecule has 10 heteroatoms. The molecule has 25 heavy (non-hydrogen) atoms. The average molecular weight is 356 g/mol. The Balaban J connectivity index is 1.90. The SMILES string of the molecule is O=C(NC(CO)C(=O)NCc1ccc(C(F)(F)F)cc1)c1cnc[nH]1. The number of aromatic amines is 1. The Hall–Kier alpha value is -2.88. The topological polar surface area (TPSA) is 107 Å². The molecule has 1 aromatic heterocycles. The third-order valence-electron chi connectivity index (χ3n) is 3.30. The van der Waals surface area contributed by atoms with Gasteiger partial charge in [0.2, 0.25) is 5.91 Å². The van der Waals surface area contributed by atoms with Crippen molar-refractivity contribution >= 4 is 11.8 Å². The molecule has 0 aliphatic heterocycles. The minimum atomic E-state index is -4.43. The van der Waals surface area contributed by atoms with Gasteiger partial charge in [0.1, 0.15) is 11.7 Å². The van der Waals surface area contributed by atoms with E-state index < -0.39 is 36.2 Å². The molecule has 1 aromatic carbocycles. The van der Waals surface area contributed by atoms with E-state index in [2.05, 4.69) is 20.6 Å². The zero-order valence-electron chi connectivity index (χ0n) is 12.8. The van der Waals surface area contributed by atoms with Crippen LogP contribution in [-0.4, -0.2) is 39.5 Å². The predicted molar refractivity (Wildman–Crippen MR) is 80.2 cm³/mol. The summed E-state index contributed by atoms with van der Waals surface area (Å²) in [6.45, 7) is -0.688. The van der Waals surface area contributed by atoms with Gasteiger partial charge in [-0.1, -0.05) is 12.1 Å². The van der Waals surface area contributed by atoms with E-state index in [9.17, 15) is 27.9 Å². The molecule has 0 fully saturated rings. The molecule has 1 atom stereocenters. The van der Waals surface area contributed by atoms with Crippen LogP contribution < -0.4 is 10.6 Å². The van der Waals surface area contributed by atoms with Gasteiger partial charge in [0.25, 0.3) is 5.91 Å². The van der Waals surface area contributed by atoms with Gasteiger partial charge in [0.05, 0.1) is 24.7 Å². The molecule has 4 N–H and O–H groups in total. The number of halogens is 3. The quantitative estimate of drug-likeness (QED) is 0.615. The molecule has 1 unspecified atom stereocenters. The highest BCUT2D eigenvalue weighted by molar-refractivity contribution is 5.95. The third-order valence-corrected chi connectivity index (χ3v) is 3.30. The molecule has 2 aromatic rings. The Labute approximate surface area is 140 Å². The number of aliphatic hydroxyl groups is 1. The monoisotopic (exact) mass is 356 g/mol. The lowest BCUT2D eigenvalue weighted by atomic mass is 10.1. The third kappa shape index (κ3) is 5.05. The van der Waals surface area contributed by atoms with Crippen molar-refractivity contribution in [3.8, 4) is 0 Å². The first-order valence-corrected chi connectivity index (χ1v) is 7.15. The maximum Gasteiger partial charge on any atom is 0.416 e. The number of aromatic nitrogens is 2. The molecular formula is C15H15F3N4O3. The van der Waals surface area contributed by atoms with Crippen LogP contribution in [0.25, 0.3) is 0 Å². The number of H-pyrrole nitrogens is 1. The molecule has 0 bridgehead atoms. The second-order valence-corrected chi connectivity index (χ2v) is 5.09. The molecular weight excluding hydrogens is 341 g/mol. The highest BCUT2D eigenvalue weighted by Crippen LogP contribution is 2.28. The van der Waals surface area contributed by atoms with E-state index in [1.165, 1.54) is 24.7 Å². The first-order valence-electron chi connectivity index (χ1n) is 7.15. The number of imidazole rings is 1. The van der Waals surface area contributed by atoms with Crippen molar-refractivity contribution in [2.45, 2.75) is 18.8 Å². The second-order valence-electron chi connectivity index (χ2n) is 5.09. The summed E-state index contributed by atoms with van der Waals surface area (Å²) in [6, 6.07) is 3.08. The summed E-state index contributed by atoms with van der Waals surface area (Å²) in [7, 11) is 0. The smallest absolute Gasteiger partial charge is 0.394 e. The number of carbonyl (C=O) groups is 2. The van der Waals surface area contributed by atoms with Gasteiger partial charge in [0, 0.05) is 6.54 Å². The van der Waals surface area contributed by atoms with Gasteiger partial charge in [0.15, 0.2) is 0 Å². The van der Waals surface area contributed by atoms with E-state index in [4.69, 9.17) is 0 Å². The van der Waals surface area contributed by atoms with Gasteiger partial charge in [-0.2, -0.15) is 13.2 Å². The zero-order valence-corrected chi connectivity index (χ0v) is 12.8. The molecule has 7 nitrogen and oxygen atoms in total. The summed E-state index contributed by atoms with van der Waals surface area (Å²) in [5.74, 6) is -1.29. The lowest BCUT2D eigenvalue weighted by molar-refractivity contribution is -0.137. The standard InChI is InChI=1S/C15H15F3N4O3/c16-15(17,18)10-3-1-9(2-4-10)5-20-13(24)12(7-23)22-14(25)11-6-19-8-21-11/h1-4,6,8,12,23H,5,7H2,(H,19,21)(H,20,24)(H,22,25). The molecule has 0 aliphatic rings. The van der Waals surface area contributed by atoms with Gasteiger partial charge in [-0.25, -0.2) is 4.98 Å². The van der Waals surface area contributed by atoms with Crippen LogP contribution in [0.4, 0.5) is 13.2 Å². The van der Waals surface area contributed by atoms with Crippen LogP contribution in [0.3, 0.4) is 0 Å². The fourth-order valence-electron chi connectivity index (χ4n) is 1.93. The number of nitrogens with one attached hydrogen (secondary N) is 3. The molecule has 0 spiro atoms. The Morgan fingerprint density at radius 1 is 1.24 bits per heavy atom. The number of alkyl halides is 3. The molecule has 0 saturated carbocycles. The van der Waals surface area contributed by atoms with Gasteiger partial charge in [-0.05, 0) is 17.7 Å². The lowest BCUT2D eigenvalue weighted by Gasteiger charge is -2.16. The maximum absolute atomic E-state index is 12.5. The molecule has 0 saturated heterocycles. The number of rotatable bonds is 6. The number of benzene rings is 1. The van der Waals surface area contributed by atoms with E-state index in [1.54, 1.807) is 0 Å². The van der Waals surface area contributed by atoms with E-state index >= 15 is 0 Å². The van der Waals surface area contributed by atoms with E-state index in [1.807, 2.05) is 0 Å². The maximum atomic E-state index is 12.5. The summed E-state index contributed by atoms with van der Waals surface area (Å²) in [5.41, 5.74) is -0.227. The van der Waals surface area contributed by atoms with Crippen molar-refractivity contribution in [2.75, 3.05) is 6.61 Å². The molecule has 2 rings (SSSR count). The van der Waals surface area contributed by atoms with Crippen LogP contribution in [0.2, 0.25) is 0 Å². The van der Waals surface area contributed by atoms with Crippen molar-refractivity contribution in [2.24, 2.45) is 0 Å². The van der Waals surface area contributed by atoms with Crippen LogP contribution in [0.1, 0.15) is 21.6 Å². The summed E-state index contributed by atoms with van der Waals surface area (Å²) in [5, 5.41) is 14.0. The van der Waals surface area contributed by atoms with Crippen LogP contribution in [0, 0.1) is 0 Å². The van der Waals surface area contributed by atoms with Gasteiger partial charge >= 0.3 is 6.18 Å². The normalized spacial score (nSPS) is 12.5. The van der Waals surface area contributed by atoms with Crippen LogP contribution in [0.5, 0.6) is 0 Å². The van der Waals surface area contributed by atoms with Crippen molar-refractivity contribution in [3.05, 3.63) is 53.6 Å². The van der Waals surface area contributed by atoms with Gasteiger partial charge < -0.3 is 20.7 Å². The highest BCUT2D eigenvalue weighted by atomic mass is 19.4. The zero-order chi connectivity index (χ0) is 18.4. The first kappa shape index (κ1) is 18.5.